The molecule has 0 saturated carbocycles. The van der Waals surface area contributed by atoms with Crippen molar-refractivity contribution in [3.05, 3.63) is 77.1 Å². The van der Waals surface area contributed by atoms with Crippen molar-refractivity contribution in [3.8, 4) is 5.75 Å². The van der Waals surface area contributed by atoms with Gasteiger partial charge >= 0.3 is 16.0 Å². The van der Waals surface area contributed by atoms with E-state index in [0.717, 1.165) is 22.2 Å². The Morgan fingerprint density at radius 3 is 2.79 bits per heavy atom. The van der Waals surface area contributed by atoms with Crippen LogP contribution >= 0.6 is 0 Å². The van der Waals surface area contributed by atoms with Crippen molar-refractivity contribution in [3.63, 3.8) is 0 Å². The summed E-state index contributed by atoms with van der Waals surface area (Å²) in [5.74, 6) is -0.0524. The molecule has 33 heavy (non-hydrogen) atoms. The van der Waals surface area contributed by atoms with E-state index in [4.69, 9.17) is 19.3 Å². The summed E-state index contributed by atoms with van der Waals surface area (Å²) in [6.45, 7) is 3.78. The molecule has 2 heterocycles. The zero-order valence-corrected chi connectivity index (χ0v) is 19.2. The van der Waals surface area contributed by atoms with Gasteiger partial charge in [-0.05, 0) is 62.4 Å². The maximum Gasteiger partial charge on any atom is 0.304 e. The molecule has 1 aromatic heterocycles. The van der Waals surface area contributed by atoms with Crippen LogP contribution in [0.15, 0.2) is 71.6 Å². The number of carbonyl (C=O) groups is 1. The zero-order chi connectivity index (χ0) is 23.6. The molecule has 0 bridgehead atoms. The summed E-state index contributed by atoms with van der Waals surface area (Å²) in [7, 11) is -4.16. The maximum absolute atomic E-state index is 13.5. The minimum absolute atomic E-state index is 0.0668. The van der Waals surface area contributed by atoms with Gasteiger partial charge < -0.3 is 19.3 Å². The van der Waals surface area contributed by atoms with E-state index in [9.17, 15) is 13.2 Å². The topological polar surface area (TPSA) is 104 Å². The molecule has 1 aliphatic heterocycles. The smallest absolute Gasteiger partial charge is 0.304 e. The van der Waals surface area contributed by atoms with E-state index >= 15 is 0 Å². The number of aromatic nitrogens is 1. The quantitative estimate of drug-likeness (QED) is 0.601. The lowest BCUT2D eigenvalue weighted by Gasteiger charge is -2.20. The van der Waals surface area contributed by atoms with Crippen LogP contribution in [-0.4, -0.2) is 29.6 Å². The minimum Gasteiger partial charge on any atom is -0.491 e. The van der Waals surface area contributed by atoms with E-state index in [1.165, 1.54) is 12.5 Å². The fraction of sp³-hybridized carbons (Fsp3) is 0.292. The lowest BCUT2D eigenvalue weighted by molar-refractivity contribution is -0.136. The molecule has 1 aliphatic carbocycles. The predicted octanol–water partition coefficient (Wildman–Crippen LogP) is 4.59. The van der Waals surface area contributed by atoms with Crippen molar-refractivity contribution in [1.82, 2.24) is 3.97 Å². The Kier molecular flexibility index (Phi) is 6.33. The van der Waals surface area contributed by atoms with Crippen LogP contribution in [0.3, 0.4) is 0 Å². The molecule has 174 valence electrons. The van der Waals surface area contributed by atoms with Crippen LogP contribution in [0.1, 0.15) is 38.7 Å². The average molecular weight is 472 g/mol. The van der Waals surface area contributed by atoms with Crippen molar-refractivity contribution >= 4 is 26.9 Å². The van der Waals surface area contributed by atoms with E-state index in [2.05, 4.69) is 0 Å². The van der Waals surface area contributed by atoms with Gasteiger partial charge in [0.2, 0.25) is 0 Å². The molecule has 0 atom stereocenters. The van der Waals surface area contributed by atoms with E-state index in [1.807, 2.05) is 32.1 Å². The summed E-state index contributed by atoms with van der Waals surface area (Å²) >= 11 is 0. The number of hydrogen-bond acceptors (Lipinski definition) is 6. The van der Waals surface area contributed by atoms with Gasteiger partial charge in [0, 0.05) is 18.0 Å². The van der Waals surface area contributed by atoms with Crippen molar-refractivity contribution in [2.45, 2.75) is 45.6 Å². The van der Waals surface area contributed by atoms with Crippen LogP contribution in [0, 0.1) is 0 Å². The zero-order valence-electron chi connectivity index (χ0n) is 18.4. The van der Waals surface area contributed by atoms with Gasteiger partial charge in [0.05, 0.1) is 11.6 Å². The third-order valence-electron chi connectivity index (χ3n) is 5.20. The second kappa shape index (κ2) is 9.19. The lowest BCUT2D eigenvalue weighted by atomic mass is 10.0. The van der Waals surface area contributed by atoms with Gasteiger partial charge in [-0.2, -0.15) is 8.42 Å². The van der Waals surface area contributed by atoms with Crippen molar-refractivity contribution in [2.75, 3.05) is 0 Å². The van der Waals surface area contributed by atoms with Gasteiger partial charge in [-0.3, -0.25) is 4.79 Å². The Morgan fingerprint density at radius 1 is 1.27 bits per heavy atom. The first-order chi connectivity index (χ1) is 15.8. The maximum atomic E-state index is 13.5. The van der Waals surface area contributed by atoms with Crippen LogP contribution in [0.2, 0.25) is 0 Å². The van der Waals surface area contributed by atoms with Gasteiger partial charge in [0.15, 0.2) is 5.76 Å². The van der Waals surface area contributed by atoms with E-state index in [0.29, 0.717) is 34.4 Å². The average Bonchev–Trinajstić information content (AvgIpc) is 3.16. The first-order valence-corrected chi connectivity index (χ1v) is 12.1. The number of allylic oxidation sites excluding steroid dienone is 4. The first kappa shape index (κ1) is 22.7. The molecule has 0 amide bonds. The molecule has 1 aromatic carbocycles. The monoisotopic (exact) mass is 471 g/mol. The summed E-state index contributed by atoms with van der Waals surface area (Å²) in [6.07, 6.45) is 11.1. The summed E-state index contributed by atoms with van der Waals surface area (Å²) in [6, 6.07) is 5.06. The number of aliphatic carboxylic acids is 1. The highest BCUT2D eigenvalue weighted by molar-refractivity contribution is 7.93. The molecule has 1 N–H and O–H groups in total. The molecule has 9 heteroatoms. The largest absolute Gasteiger partial charge is 0.491 e. The summed E-state index contributed by atoms with van der Waals surface area (Å²) in [5, 5.41) is 9.39. The highest BCUT2D eigenvalue weighted by atomic mass is 32.2. The fourth-order valence-corrected chi connectivity index (χ4v) is 4.95. The molecular formula is C24H25NO7S. The van der Waals surface area contributed by atoms with Crippen LogP contribution in [-0.2, 0) is 30.7 Å². The SMILES string of the molecule is CC(C)Oc1ccc2c(c1)c(CCC(=O)O)cn2S(=O)(=O)C1=COC=C(C2=CC=CCC2)O1. The van der Waals surface area contributed by atoms with E-state index in [1.54, 1.807) is 18.2 Å². The standard InChI is InChI=1S/C24H25NO7S/c1-16(2)31-19-9-10-21-20(12-19)18(8-11-23(26)27)13-25(21)33(28,29)24-15-30-14-22(32-24)17-6-4-3-5-7-17/h3-4,6,9-10,12-16H,5,7-8,11H2,1-2H3,(H,26,27). The Labute approximate surface area is 192 Å². The molecule has 8 nitrogen and oxygen atoms in total. The van der Waals surface area contributed by atoms with Crippen LogP contribution in [0.5, 0.6) is 5.75 Å². The molecule has 0 saturated heterocycles. The molecule has 0 spiro atoms. The van der Waals surface area contributed by atoms with E-state index in [-0.39, 0.29) is 24.0 Å². The second-order valence-electron chi connectivity index (χ2n) is 8.01. The summed E-state index contributed by atoms with van der Waals surface area (Å²) in [4.78, 5) is 11.1. The number of fused-ring (bicyclic) bond motifs is 1. The molecule has 0 radical (unpaired) electrons. The Morgan fingerprint density at radius 2 is 2.09 bits per heavy atom. The number of hydrogen-bond donors (Lipinski definition) is 1. The molecule has 4 rings (SSSR count). The summed E-state index contributed by atoms with van der Waals surface area (Å²) < 4.78 is 45.0. The highest BCUT2D eigenvalue weighted by Crippen LogP contribution is 2.33. The molecule has 2 aromatic rings. The highest BCUT2D eigenvalue weighted by Gasteiger charge is 2.30. The Hall–Kier alpha value is -3.46. The van der Waals surface area contributed by atoms with Gasteiger partial charge in [0.25, 0.3) is 5.09 Å². The van der Waals surface area contributed by atoms with Crippen molar-refractivity contribution in [1.29, 1.82) is 0 Å². The van der Waals surface area contributed by atoms with Crippen LogP contribution in [0.25, 0.3) is 10.9 Å². The number of aryl methyl sites for hydroxylation is 1. The van der Waals surface area contributed by atoms with Gasteiger partial charge in [0.1, 0.15) is 18.3 Å². The number of rotatable bonds is 8. The number of ether oxygens (including phenoxy) is 3. The molecule has 0 fully saturated rings. The summed E-state index contributed by atoms with van der Waals surface area (Å²) in [5.41, 5.74) is 1.82. The molecule has 2 aliphatic rings. The predicted molar refractivity (Wildman–Crippen MR) is 123 cm³/mol. The number of nitrogens with zero attached hydrogens (tertiary/aromatic N) is 1. The normalized spacial score (nSPS) is 16.0. The fourth-order valence-electron chi connectivity index (χ4n) is 3.70. The minimum atomic E-state index is -4.16. The van der Waals surface area contributed by atoms with Crippen LogP contribution < -0.4 is 4.74 Å². The second-order valence-corrected chi connectivity index (χ2v) is 9.76. The first-order valence-electron chi connectivity index (χ1n) is 10.6. The van der Waals surface area contributed by atoms with Crippen molar-refractivity contribution < 1.29 is 32.5 Å². The number of carboxylic acids is 1. The Balaban J connectivity index is 1.72. The van der Waals surface area contributed by atoms with E-state index < -0.39 is 16.0 Å². The third kappa shape index (κ3) is 4.83. The lowest BCUT2D eigenvalue weighted by Crippen LogP contribution is -2.18. The van der Waals surface area contributed by atoms with Gasteiger partial charge in [-0.15, -0.1) is 0 Å². The third-order valence-corrected chi connectivity index (χ3v) is 6.71. The van der Waals surface area contributed by atoms with Crippen LogP contribution in [0.4, 0.5) is 0 Å². The number of carboxylic acid groups (broad SMARTS) is 1. The van der Waals surface area contributed by atoms with Gasteiger partial charge in [-0.1, -0.05) is 18.2 Å². The molecule has 0 unspecified atom stereocenters. The van der Waals surface area contributed by atoms with Gasteiger partial charge in [-0.25, -0.2) is 3.97 Å². The molecular weight excluding hydrogens is 446 g/mol. The van der Waals surface area contributed by atoms with Crippen molar-refractivity contribution in [2.24, 2.45) is 0 Å². The Bertz CT molecular complexity index is 1310. The number of benzene rings is 1.